The van der Waals surface area contributed by atoms with Gasteiger partial charge in [0.25, 0.3) is 0 Å². The first-order valence-corrected chi connectivity index (χ1v) is 11.6. The van der Waals surface area contributed by atoms with Crippen LogP contribution in [0.25, 0.3) is 0 Å². The lowest BCUT2D eigenvalue weighted by atomic mass is 10.2. The zero-order chi connectivity index (χ0) is 19.6. The highest BCUT2D eigenvalue weighted by Gasteiger charge is 2.26. The van der Waals surface area contributed by atoms with Crippen molar-refractivity contribution in [3.8, 4) is 0 Å². The molecule has 9 heteroatoms. The number of nitrogens with zero attached hydrogens (tertiary/aromatic N) is 5. The average molecular weight is 406 g/mol. The molecule has 0 bridgehead atoms. The first-order chi connectivity index (χ1) is 13.5. The summed E-state index contributed by atoms with van der Waals surface area (Å²) in [5.74, 6) is 1.00. The van der Waals surface area contributed by atoms with Gasteiger partial charge in [0.15, 0.2) is 0 Å². The fraction of sp³-hybridized carbons (Fsp3) is 0.579. The molecule has 2 aliphatic heterocycles. The Bertz CT molecular complexity index is 886. The normalized spacial score (nSPS) is 21.3. The van der Waals surface area contributed by atoms with Crippen molar-refractivity contribution in [1.29, 1.82) is 0 Å². The zero-order valence-electron chi connectivity index (χ0n) is 16.2. The molecule has 0 amide bonds. The molecule has 0 radical (unpaired) electrons. The maximum atomic E-state index is 12.2. The van der Waals surface area contributed by atoms with Crippen molar-refractivity contribution >= 4 is 15.7 Å². The summed E-state index contributed by atoms with van der Waals surface area (Å²) >= 11 is 0. The van der Waals surface area contributed by atoms with Crippen molar-refractivity contribution in [1.82, 2.24) is 19.4 Å². The summed E-state index contributed by atoms with van der Waals surface area (Å²) in [6.45, 7) is 5.58. The van der Waals surface area contributed by atoms with Gasteiger partial charge in [-0.1, -0.05) is 6.07 Å². The van der Waals surface area contributed by atoms with Crippen LogP contribution < -0.4 is 4.90 Å². The molecule has 2 aromatic heterocycles. The van der Waals surface area contributed by atoms with Gasteiger partial charge in [0, 0.05) is 51.8 Å². The minimum absolute atomic E-state index is 0.0643. The number of aromatic nitrogens is 3. The summed E-state index contributed by atoms with van der Waals surface area (Å²) in [7, 11) is -3.38. The van der Waals surface area contributed by atoms with Crippen molar-refractivity contribution in [2.45, 2.75) is 37.2 Å². The van der Waals surface area contributed by atoms with Gasteiger partial charge in [-0.2, -0.15) is 0 Å². The van der Waals surface area contributed by atoms with Crippen molar-refractivity contribution in [2.75, 3.05) is 43.9 Å². The number of piperazine rings is 1. The molecule has 2 saturated heterocycles. The van der Waals surface area contributed by atoms with Crippen LogP contribution >= 0.6 is 0 Å². The molecule has 1 unspecified atom stereocenters. The fourth-order valence-corrected chi connectivity index (χ4v) is 4.74. The number of hydrogen-bond acceptors (Lipinski definition) is 7. The standard InChI is InChI=1S/C19H27N5O3S/c1-28(25,26)19-21-13-16(24(19)15-17-5-4-12-27-17)14-22-8-10-23(11-9-22)18-6-2-3-7-20-18/h2-3,6-7,13,17H,4-5,8-12,14-15H2,1H3. The van der Waals surface area contributed by atoms with Gasteiger partial charge in [-0.25, -0.2) is 18.4 Å². The summed E-state index contributed by atoms with van der Waals surface area (Å²) < 4.78 is 31.9. The Kier molecular flexibility index (Phi) is 5.65. The van der Waals surface area contributed by atoms with Gasteiger partial charge in [0.05, 0.1) is 24.5 Å². The van der Waals surface area contributed by atoms with Gasteiger partial charge in [-0.05, 0) is 25.0 Å². The molecule has 2 fully saturated rings. The predicted molar refractivity (Wildman–Crippen MR) is 106 cm³/mol. The van der Waals surface area contributed by atoms with Gasteiger partial charge in [0.1, 0.15) is 5.82 Å². The monoisotopic (exact) mass is 405 g/mol. The molecule has 2 aliphatic rings. The summed E-state index contributed by atoms with van der Waals surface area (Å²) in [5.41, 5.74) is 0.933. The minimum Gasteiger partial charge on any atom is -0.376 e. The van der Waals surface area contributed by atoms with Crippen LogP contribution in [0, 0.1) is 0 Å². The minimum atomic E-state index is -3.38. The van der Waals surface area contributed by atoms with Crippen LogP contribution in [0.15, 0.2) is 35.7 Å². The molecule has 28 heavy (non-hydrogen) atoms. The van der Waals surface area contributed by atoms with Crippen molar-refractivity contribution in [2.24, 2.45) is 0 Å². The Labute approximate surface area is 166 Å². The van der Waals surface area contributed by atoms with Crippen LogP contribution in [-0.2, 0) is 27.7 Å². The van der Waals surface area contributed by atoms with Crippen molar-refractivity contribution in [3.63, 3.8) is 0 Å². The van der Waals surface area contributed by atoms with Gasteiger partial charge >= 0.3 is 0 Å². The topological polar surface area (TPSA) is 80.6 Å². The number of rotatable bonds is 6. The zero-order valence-corrected chi connectivity index (χ0v) is 17.0. The second-order valence-corrected chi connectivity index (χ2v) is 9.41. The Hall–Kier alpha value is -1.97. The SMILES string of the molecule is CS(=O)(=O)c1ncc(CN2CCN(c3ccccn3)CC2)n1CC1CCCO1. The molecular formula is C19H27N5O3S. The van der Waals surface area contributed by atoms with E-state index in [4.69, 9.17) is 4.74 Å². The molecule has 4 rings (SSSR count). The first-order valence-electron chi connectivity index (χ1n) is 9.75. The van der Waals surface area contributed by atoms with E-state index in [1.165, 1.54) is 6.26 Å². The van der Waals surface area contributed by atoms with E-state index < -0.39 is 9.84 Å². The summed E-state index contributed by atoms with van der Waals surface area (Å²) in [4.78, 5) is 13.3. The third-order valence-electron chi connectivity index (χ3n) is 5.37. The van der Waals surface area contributed by atoms with E-state index in [1.54, 1.807) is 6.20 Å². The van der Waals surface area contributed by atoms with Crippen LogP contribution in [0.1, 0.15) is 18.5 Å². The Morgan fingerprint density at radius 3 is 2.64 bits per heavy atom. The summed E-state index contributed by atoms with van der Waals surface area (Å²) in [5, 5.41) is 0.144. The molecule has 152 valence electrons. The molecule has 0 aromatic carbocycles. The van der Waals surface area contributed by atoms with E-state index >= 15 is 0 Å². The number of hydrogen-bond donors (Lipinski definition) is 0. The molecule has 8 nitrogen and oxygen atoms in total. The highest BCUT2D eigenvalue weighted by Crippen LogP contribution is 2.21. The lowest BCUT2D eigenvalue weighted by Crippen LogP contribution is -2.46. The maximum absolute atomic E-state index is 12.2. The van der Waals surface area contributed by atoms with Crippen LogP contribution in [0.5, 0.6) is 0 Å². The third kappa shape index (κ3) is 4.37. The van der Waals surface area contributed by atoms with Gasteiger partial charge in [-0.15, -0.1) is 0 Å². The Balaban J connectivity index is 1.45. The fourth-order valence-electron chi connectivity index (χ4n) is 3.91. The largest absolute Gasteiger partial charge is 0.376 e. The van der Waals surface area contributed by atoms with E-state index in [2.05, 4.69) is 19.8 Å². The van der Waals surface area contributed by atoms with Crippen molar-refractivity contribution in [3.05, 3.63) is 36.3 Å². The third-order valence-corrected chi connectivity index (χ3v) is 6.36. The molecule has 0 spiro atoms. The highest BCUT2D eigenvalue weighted by atomic mass is 32.2. The van der Waals surface area contributed by atoms with E-state index in [0.717, 1.165) is 57.1 Å². The van der Waals surface area contributed by atoms with E-state index in [1.807, 2.05) is 29.0 Å². The molecule has 0 aliphatic carbocycles. The molecule has 4 heterocycles. The average Bonchev–Trinajstić information content (AvgIpc) is 3.34. The van der Waals surface area contributed by atoms with Crippen molar-refractivity contribution < 1.29 is 13.2 Å². The smallest absolute Gasteiger partial charge is 0.227 e. The van der Waals surface area contributed by atoms with Crippen LogP contribution in [0.4, 0.5) is 5.82 Å². The molecule has 2 aromatic rings. The first kappa shape index (κ1) is 19.4. The molecule has 0 saturated carbocycles. The Morgan fingerprint density at radius 2 is 2.00 bits per heavy atom. The number of ether oxygens (including phenoxy) is 1. The number of pyridine rings is 1. The second-order valence-electron chi connectivity index (χ2n) is 7.50. The van der Waals surface area contributed by atoms with E-state index in [9.17, 15) is 8.42 Å². The highest BCUT2D eigenvalue weighted by molar-refractivity contribution is 7.90. The summed E-state index contributed by atoms with van der Waals surface area (Å²) in [6.07, 6.45) is 6.79. The van der Waals surface area contributed by atoms with Crippen LogP contribution in [0.2, 0.25) is 0 Å². The number of sulfone groups is 1. The number of imidazole rings is 1. The Morgan fingerprint density at radius 1 is 1.18 bits per heavy atom. The summed E-state index contributed by atoms with van der Waals surface area (Å²) in [6, 6.07) is 5.96. The molecular weight excluding hydrogens is 378 g/mol. The number of anilines is 1. The van der Waals surface area contributed by atoms with Gasteiger partial charge in [-0.3, -0.25) is 4.90 Å². The van der Waals surface area contributed by atoms with Crippen LogP contribution in [0.3, 0.4) is 0 Å². The van der Waals surface area contributed by atoms with Crippen LogP contribution in [-0.4, -0.2) is 73.0 Å². The quantitative estimate of drug-likeness (QED) is 0.714. The van der Waals surface area contributed by atoms with Gasteiger partial charge < -0.3 is 14.2 Å². The van der Waals surface area contributed by atoms with E-state index in [0.29, 0.717) is 13.1 Å². The van der Waals surface area contributed by atoms with E-state index in [-0.39, 0.29) is 11.3 Å². The molecule has 1 atom stereocenters. The van der Waals surface area contributed by atoms with Gasteiger partial charge in [0.2, 0.25) is 15.0 Å². The maximum Gasteiger partial charge on any atom is 0.227 e. The lowest BCUT2D eigenvalue weighted by Gasteiger charge is -2.35. The lowest BCUT2D eigenvalue weighted by molar-refractivity contribution is 0.0932. The predicted octanol–water partition coefficient (Wildman–Crippen LogP) is 1.18. The molecule has 0 N–H and O–H groups in total. The second kappa shape index (κ2) is 8.18.